The summed E-state index contributed by atoms with van der Waals surface area (Å²) in [5.74, 6) is 8.86. The number of anilines is 1. The number of aromatic nitrogens is 4. The lowest BCUT2D eigenvalue weighted by molar-refractivity contribution is -0.138. The van der Waals surface area contributed by atoms with Gasteiger partial charge in [0.15, 0.2) is 0 Å². The van der Waals surface area contributed by atoms with Crippen LogP contribution in [0.2, 0.25) is 0 Å². The minimum absolute atomic E-state index is 0. The highest BCUT2D eigenvalue weighted by Crippen LogP contribution is 2.33. The maximum absolute atomic E-state index is 13.1. The average Bonchev–Trinajstić information content (AvgIpc) is 3.77. The van der Waals surface area contributed by atoms with E-state index >= 15 is 0 Å². The predicted octanol–water partition coefficient (Wildman–Crippen LogP) is 5.85. The molecule has 3 aromatic rings. The van der Waals surface area contributed by atoms with Gasteiger partial charge in [-0.15, -0.1) is 0 Å². The van der Waals surface area contributed by atoms with Gasteiger partial charge in [0.2, 0.25) is 17.8 Å². The predicted molar refractivity (Wildman–Crippen MR) is 211 cm³/mol. The Kier molecular flexibility index (Phi) is 17.1. The lowest BCUT2D eigenvalue weighted by Gasteiger charge is -2.29. The largest absolute Gasteiger partial charge is 0.352 e. The third-order valence-electron chi connectivity index (χ3n) is 9.29. The number of fused-ring (bicyclic) bond motifs is 1. The van der Waals surface area contributed by atoms with E-state index in [2.05, 4.69) is 59.8 Å². The molecule has 2 fully saturated rings. The number of benzene rings is 1. The quantitative estimate of drug-likeness (QED) is 0.283. The second-order valence-corrected chi connectivity index (χ2v) is 12.9. The number of nitrogens with zero attached hydrogens (tertiary/aromatic N) is 5. The van der Waals surface area contributed by atoms with E-state index in [1.54, 1.807) is 12.4 Å². The van der Waals surface area contributed by atoms with Crippen LogP contribution in [0.25, 0.3) is 11.0 Å². The normalized spacial score (nSPS) is 18.3. The molecular formula is C34H53N7O2S4. The molecule has 0 saturated carbocycles. The van der Waals surface area contributed by atoms with Crippen molar-refractivity contribution in [2.75, 3.05) is 25.0 Å². The summed E-state index contributed by atoms with van der Waals surface area (Å²) in [5.41, 5.74) is 3.37. The van der Waals surface area contributed by atoms with Crippen molar-refractivity contribution in [2.24, 2.45) is 23.7 Å². The number of aromatic amines is 1. The standard InChI is InChI=1S/C34H45N7O2.4H2S/c1-21(2)23(5)32(42)40-15-7-9-27(40)20-37-34-35-18-26(19-36-34)12-11-25-13-14-28-29(17-25)39-31(38-28)30-10-8-16-41(30)33(43)24(6)22(3)4;;;;/h13-14,17-19,21-24,27,30H,7-10,15-16,20H2,1-6H3,(H,38,39)(H,35,36,37);4*1H2/t23-,24-,27-,30-;;;;/m0..../s1. The van der Waals surface area contributed by atoms with Crippen LogP contribution in [0, 0.1) is 35.5 Å². The monoisotopic (exact) mass is 719 g/mol. The fourth-order valence-electron chi connectivity index (χ4n) is 5.85. The van der Waals surface area contributed by atoms with Gasteiger partial charge in [0.1, 0.15) is 5.82 Å². The van der Waals surface area contributed by atoms with E-state index in [0.717, 1.165) is 66.8 Å². The summed E-state index contributed by atoms with van der Waals surface area (Å²) in [6, 6.07) is 6.09. The second-order valence-electron chi connectivity index (χ2n) is 12.9. The van der Waals surface area contributed by atoms with Gasteiger partial charge in [-0.3, -0.25) is 9.59 Å². The van der Waals surface area contributed by atoms with Gasteiger partial charge < -0.3 is 20.1 Å². The molecule has 0 unspecified atom stereocenters. The van der Waals surface area contributed by atoms with Crippen molar-refractivity contribution in [1.82, 2.24) is 29.7 Å². The van der Waals surface area contributed by atoms with Crippen molar-refractivity contribution in [3.05, 3.63) is 47.5 Å². The maximum atomic E-state index is 13.1. The number of imidazole rings is 1. The summed E-state index contributed by atoms with van der Waals surface area (Å²) in [6.07, 6.45) is 7.36. The Morgan fingerprint density at radius 1 is 0.851 bits per heavy atom. The summed E-state index contributed by atoms with van der Waals surface area (Å²) >= 11 is 0. The van der Waals surface area contributed by atoms with Crippen LogP contribution in [0.3, 0.4) is 0 Å². The minimum atomic E-state index is -0.0132. The van der Waals surface area contributed by atoms with Gasteiger partial charge >= 0.3 is 0 Å². The molecule has 0 aliphatic carbocycles. The highest BCUT2D eigenvalue weighted by molar-refractivity contribution is 7.59. The fourth-order valence-corrected chi connectivity index (χ4v) is 5.85. The number of amides is 2. The number of rotatable bonds is 8. The Labute approximate surface area is 308 Å². The van der Waals surface area contributed by atoms with Gasteiger partial charge in [-0.25, -0.2) is 15.0 Å². The van der Waals surface area contributed by atoms with Crippen LogP contribution in [0.15, 0.2) is 30.6 Å². The number of H-pyrrole nitrogens is 1. The van der Waals surface area contributed by atoms with E-state index in [9.17, 15) is 9.59 Å². The van der Waals surface area contributed by atoms with Crippen LogP contribution in [0.1, 0.15) is 90.2 Å². The lowest BCUT2D eigenvalue weighted by Crippen LogP contribution is -2.43. The molecule has 0 bridgehead atoms. The Morgan fingerprint density at radius 3 is 2.06 bits per heavy atom. The van der Waals surface area contributed by atoms with E-state index in [-0.39, 0.29) is 89.7 Å². The lowest BCUT2D eigenvalue weighted by atomic mass is 9.96. The van der Waals surface area contributed by atoms with Gasteiger partial charge in [-0.1, -0.05) is 53.4 Å². The second kappa shape index (κ2) is 18.9. The number of carbonyl (C=O) groups excluding carboxylic acids is 2. The molecule has 2 aliphatic heterocycles. The Bertz CT molecular complexity index is 1520. The van der Waals surface area contributed by atoms with Crippen LogP contribution in [-0.4, -0.2) is 67.2 Å². The van der Waals surface area contributed by atoms with E-state index in [1.165, 1.54) is 0 Å². The molecule has 2 N–H and O–H groups in total. The van der Waals surface area contributed by atoms with E-state index in [0.29, 0.717) is 24.3 Å². The van der Waals surface area contributed by atoms with Gasteiger partial charge in [0.05, 0.1) is 22.6 Å². The maximum Gasteiger partial charge on any atom is 0.226 e. The van der Waals surface area contributed by atoms with Gasteiger partial charge in [-0.2, -0.15) is 54.0 Å². The van der Waals surface area contributed by atoms with Crippen molar-refractivity contribution in [3.63, 3.8) is 0 Å². The molecule has 47 heavy (non-hydrogen) atoms. The number of hydrogen-bond acceptors (Lipinski definition) is 6. The van der Waals surface area contributed by atoms with Gasteiger partial charge in [0, 0.05) is 55.5 Å². The van der Waals surface area contributed by atoms with Crippen LogP contribution in [-0.2, 0) is 9.59 Å². The fraction of sp³-hybridized carbons (Fsp3) is 0.559. The molecule has 5 rings (SSSR count). The van der Waals surface area contributed by atoms with Crippen LogP contribution in [0.5, 0.6) is 0 Å². The van der Waals surface area contributed by atoms with E-state index in [1.807, 2.05) is 41.8 Å². The smallest absolute Gasteiger partial charge is 0.226 e. The molecule has 1 aromatic carbocycles. The summed E-state index contributed by atoms with van der Waals surface area (Å²) in [4.78, 5) is 47.2. The van der Waals surface area contributed by atoms with Crippen molar-refractivity contribution >= 4 is 82.8 Å². The molecule has 2 aromatic heterocycles. The molecule has 0 radical (unpaired) electrons. The molecule has 9 nitrogen and oxygen atoms in total. The molecule has 2 aliphatic rings. The van der Waals surface area contributed by atoms with Gasteiger partial charge in [-0.05, 0) is 55.7 Å². The summed E-state index contributed by atoms with van der Waals surface area (Å²) in [7, 11) is 0. The highest BCUT2D eigenvalue weighted by Gasteiger charge is 2.35. The third-order valence-corrected chi connectivity index (χ3v) is 9.29. The summed E-state index contributed by atoms with van der Waals surface area (Å²) in [5, 5.41) is 3.31. The number of nitrogens with one attached hydrogen (secondary N) is 2. The average molecular weight is 720 g/mol. The molecule has 13 heteroatoms. The highest BCUT2D eigenvalue weighted by atomic mass is 32.1. The molecule has 0 spiro atoms. The van der Waals surface area contributed by atoms with E-state index < -0.39 is 0 Å². The Balaban J connectivity index is 0.00000276. The Morgan fingerprint density at radius 2 is 1.43 bits per heavy atom. The van der Waals surface area contributed by atoms with Crippen LogP contribution >= 0.6 is 54.0 Å². The molecule has 4 atom stereocenters. The Hall–Kier alpha value is -2.53. The summed E-state index contributed by atoms with van der Waals surface area (Å²) in [6.45, 7) is 14.7. The first-order valence-corrected chi connectivity index (χ1v) is 15.8. The van der Waals surface area contributed by atoms with Crippen molar-refractivity contribution in [2.45, 2.75) is 79.3 Å². The molecule has 4 heterocycles. The topological polar surface area (TPSA) is 107 Å². The first kappa shape index (κ1) is 42.5. The van der Waals surface area contributed by atoms with Crippen molar-refractivity contribution in [3.8, 4) is 11.8 Å². The van der Waals surface area contributed by atoms with Crippen molar-refractivity contribution in [1.29, 1.82) is 0 Å². The third kappa shape index (κ3) is 10.00. The van der Waals surface area contributed by atoms with Crippen molar-refractivity contribution < 1.29 is 9.59 Å². The zero-order valence-corrected chi connectivity index (χ0v) is 32.4. The molecular weight excluding hydrogens is 667 g/mol. The van der Waals surface area contributed by atoms with Gasteiger partial charge in [0.25, 0.3) is 0 Å². The van der Waals surface area contributed by atoms with E-state index in [4.69, 9.17) is 4.98 Å². The first-order chi connectivity index (χ1) is 20.6. The SMILES string of the molecule is CC(C)[C@H](C)C(=O)N1CCC[C@H]1CNc1ncc(C#Cc2ccc3nc([C@@H]4CCCN4C(=O)[C@@H](C)C(C)C)[nH]c3c2)cn1.S.S.S.S. The van der Waals surface area contributed by atoms with Crippen LogP contribution < -0.4 is 5.32 Å². The van der Waals surface area contributed by atoms with Crippen LogP contribution in [0.4, 0.5) is 5.95 Å². The number of carbonyl (C=O) groups is 2. The number of hydrogen-bond donors (Lipinski definition) is 2. The zero-order valence-electron chi connectivity index (χ0n) is 28.4. The molecule has 2 saturated heterocycles. The minimum Gasteiger partial charge on any atom is -0.352 e. The molecule has 2 amide bonds. The first-order valence-electron chi connectivity index (χ1n) is 15.8. The zero-order chi connectivity index (χ0) is 30.7. The molecule has 260 valence electrons. The number of likely N-dealkylation sites (tertiary alicyclic amines) is 2. The summed E-state index contributed by atoms with van der Waals surface area (Å²) < 4.78 is 0.